The number of carboxylic acids is 1. The van der Waals surface area contributed by atoms with Crippen molar-refractivity contribution in [2.24, 2.45) is 5.92 Å². The smallest absolute Gasteiger partial charge is 0.326 e. The zero-order chi connectivity index (χ0) is 18.0. The van der Waals surface area contributed by atoms with Gasteiger partial charge in [0.1, 0.15) is 11.8 Å². The fraction of sp³-hybridized carbons (Fsp3) is 0.579. The summed E-state index contributed by atoms with van der Waals surface area (Å²) in [5, 5.41) is 9.29. The van der Waals surface area contributed by atoms with E-state index in [1.807, 2.05) is 6.07 Å². The summed E-state index contributed by atoms with van der Waals surface area (Å²) < 4.78 is 5.52. The highest BCUT2D eigenvalue weighted by atomic mass is 16.5. The summed E-state index contributed by atoms with van der Waals surface area (Å²) in [6, 6.07) is 4.73. The summed E-state index contributed by atoms with van der Waals surface area (Å²) in [5.41, 5.74) is 1.49. The van der Waals surface area contributed by atoms with Crippen LogP contribution in [0.2, 0.25) is 0 Å². The van der Waals surface area contributed by atoms with Gasteiger partial charge >= 0.3 is 5.97 Å². The maximum absolute atomic E-state index is 12.8. The first kappa shape index (κ1) is 17.6. The summed E-state index contributed by atoms with van der Waals surface area (Å²) in [7, 11) is 1.61. The third-order valence-corrected chi connectivity index (χ3v) is 5.35. The predicted octanol–water partition coefficient (Wildman–Crippen LogP) is 2.62. The number of benzene rings is 1. The zero-order valence-electron chi connectivity index (χ0n) is 14.9. The van der Waals surface area contributed by atoms with Crippen molar-refractivity contribution in [3.8, 4) is 5.75 Å². The van der Waals surface area contributed by atoms with Crippen molar-refractivity contribution in [1.29, 1.82) is 0 Å². The van der Waals surface area contributed by atoms with Gasteiger partial charge in [-0.1, -0.05) is 6.92 Å². The summed E-state index contributed by atoms with van der Waals surface area (Å²) in [4.78, 5) is 27.8. The van der Waals surface area contributed by atoms with E-state index in [9.17, 15) is 14.7 Å². The molecule has 2 saturated heterocycles. The van der Waals surface area contributed by atoms with Crippen LogP contribution in [0.15, 0.2) is 18.2 Å². The van der Waals surface area contributed by atoms with Gasteiger partial charge in [-0.05, 0) is 49.8 Å². The highest BCUT2D eigenvalue weighted by Crippen LogP contribution is 2.33. The molecule has 0 aliphatic carbocycles. The van der Waals surface area contributed by atoms with Crippen LogP contribution in [0.25, 0.3) is 0 Å². The SMILES string of the molecule is COc1cc(C(=O)N2CCCC2C(=O)O)ccc1N1CCC(C)CC1. The Balaban J connectivity index is 1.81. The Kier molecular flexibility index (Phi) is 5.16. The Morgan fingerprint density at radius 2 is 1.88 bits per heavy atom. The van der Waals surface area contributed by atoms with Gasteiger partial charge in [-0.15, -0.1) is 0 Å². The van der Waals surface area contributed by atoms with Gasteiger partial charge in [-0.3, -0.25) is 4.79 Å². The number of rotatable bonds is 4. The van der Waals surface area contributed by atoms with Crippen molar-refractivity contribution < 1.29 is 19.4 Å². The number of aliphatic carboxylic acids is 1. The third-order valence-electron chi connectivity index (χ3n) is 5.35. The second kappa shape index (κ2) is 7.33. The van der Waals surface area contributed by atoms with Crippen molar-refractivity contribution in [3.63, 3.8) is 0 Å². The van der Waals surface area contributed by atoms with Crippen LogP contribution in [-0.2, 0) is 4.79 Å². The number of piperidine rings is 1. The number of hydrogen-bond donors (Lipinski definition) is 1. The normalized spacial score (nSPS) is 21.4. The molecule has 3 rings (SSSR count). The largest absolute Gasteiger partial charge is 0.495 e. The van der Waals surface area contributed by atoms with Crippen LogP contribution in [0, 0.1) is 5.92 Å². The lowest BCUT2D eigenvalue weighted by molar-refractivity contribution is -0.141. The molecule has 2 heterocycles. The van der Waals surface area contributed by atoms with Gasteiger partial charge in [0.05, 0.1) is 12.8 Å². The second-order valence-corrected chi connectivity index (χ2v) is 7.05. The van der Waals surface area contributed by atoms with E-state index < -0.39 is 12.0 Å². The summed E-state index contributed by atoms with van der Waals surface area (Å²) in [6.45, 7) is 4.73. The lowest BCUT2D eigenvalue weighted by Crippen LogP contribution is -2.40. The van der Waals surface area contributed by atoms with Crippen molar-refractivity contribution in [3.05, 3.63) is 23.8 Å². The monoisotopic (exact) mass is 346 g/mol. The number of carboxylic acid groups (broad SMARTS) is 1. The molecule has 0 aromatic heterocycles. The summed E-state index contributed by atoms with van der Waals surface area (Å²) in [6.07, 6.45) is 3.54. The Morgan fingerprint density at radius 1 is 1.16 bits per heavy atom. The number of amides is 1. The van der Waals surface area contributed by atoms with Gasteiger partial charge in [0, 0.05) is 25.2 Å². The number of carbonyl (C=O) groups is 2. The molecule has 1 N–H and O–H groups in total. The first-order chi connectivity index (χ1) is 12.0. The highest BCUT2D eigenvalue weighted by molar-refractivity contribution is 5.97. The lowest BCUT2D eigenvalue weighted by Gasteiger charge is -2.33. The fourth-order valence-electron chi connectivity index (χ4n) is 3.75. The Morgan fingerprint density at radius 3 is 2.52 bits per heavy atom. The molecule has 2 fully saturated rings. The van der Waals surface area contributed by atoms with Crippen LogP contribution in [-0.4, -0.2) is 54.7 Å². The molecule has 25 heavy (non-hydrogen) atoms. The van der Waals surface area contributed by atoms with Gasteiger partial charge in [0.15, 0.2) is 0 Å². The number of nitrogens with zero attached hydrogens (tertiary/aromatic N) is 2. The van der Waals surface area contributed by atoms with E-state index in [2.05, 4.69) is 11.8 Å². The number of hydrogen-bond acceptors (Lipinski definition) is 4. The summed E-state index contributed by atoms with van der Waals surface area (Å²) >= 11 is 0. The highest BCUT2D eigenvalue weighted by Gasteiger charge is 2.34. The van der Waals surface area contributed by atoms with Crippen LogP contribution < -0.4 is 9.64 Å². The van der Waals surface area contributed by atoms with E-state index in [1.165, 1.54) is 4.90 Å². The number of likely N-dealkylation sites (tertiary alicyclic amines) is 1. The van der Waals surface area contributed by atoms with Crippen LogP contribution in [0.5, 0.6) is 5.75 Å². The zero-order valence-corrected chi connectivity index (χ0v) is 14.9. The Labute approximate surface area is 148 Å². The molecular weight excluding hydrogens is 320 g/mol. The molecule has 1 aromatic carbocycles. The molecule has 0 bridgehead atoms. The molecule has 2 aliphatic heterocycles. The molecule has 6 heteroatoms. The predicted molar refractivity (Wildman–Crippen MR) is 95.3 cm³/mol. The van der Waals surface area contributed by atoms with Gasteiger partial charge < -0.3 is 19.6 Å². The molecule has 2 aliphatic rings. The third kappa shape index (κ3) is 3.57. The number of carbonyl (C=O) groups excluding carboxylic acids is 1. The molecule has 0 saturated carbocycles. The Hall–Kier alpha value is -2.24. The van der Waals surface area contributed by atoms with Gasteiger partial charge in [0.2, 0.25) is 0 Å². The topological polar surface area (TPSA) is 70.1 Å². The van der Waals surface area contributed by atoms with E-state index in [1.54, 1.807) is 19.2 Å². The summed E-state index contributed by atoms with van der Waals surface area (Å²) in [5.74, 6) is 0.247. The van der Waals surface area contributed by atoms with E-state index >= 15 is 0 Å². The number of methoxy groups -OCH3 is 1. The van der Waals surface area contributed by atoms with Crippen LogP contribution in [0.3, 0.4) is 0 Å². The van der Waals surface area contributed by atoms with Crippen LogP contribution in [0.4, 0.5) is 5.69 Å². The van der Waals surface area contributed by atoms with Crippen molar-refractivity contribution in [2.45, 2.75) is 38.6 Å². The first-order valence-electron chi connectivity index (χ1n) is 8.98. The number of ether oxygens (including phenoxy) is 1. The maximum atomic E-state index is 12.8. The minimum atomic E-state index is -0.933. The number of anilines is 1. The van der Waals surface area contributed by atoms with E-state index in [4.69, 9.17) is 4.74 Å². The molecule has 6 nitrogen and oxygen atoms in total. The van der Waals surface area contributed by atoms with E-state index in [0.717, 1.165) is 44.0 Å². The lowest BCUT2D eigenvalue weighted by atomic mass is 9.98. The first-order valence-corrected chi connectivity index (χ1v) is 8.98. The van der Waals surface area contributed by atoms with Crippen molar-refractivity contribution in [1.82, 2.24) is 4.90 Å². The quantitative estimate of drug-likeness (QED) is 0.907. The van der Waals surface area contributed by atoms with Gasteiger partial charge in [0.25, 0.3) is 5.91 Å². The molecule has 1 amide bonds. The minimum Gasteiger partial charge on any atom is -0.495 e. The molecule has 136 valence electrons. The van der Waals surface area contributed by atoms with Gasteiger partial charge in [-0.25, -0.2) is 4.79 Å². The fourth-order valence-corrected chi connectivity index (χ4v) is 3.75. The van der Waals surface area contributed by atoms with E-state index in [-0.39, 0.29) is 5.91 Å². The van der Waals surface area contributed by atoms with Crippen molar-refractivity contribution >= 4 is 17.6 Å². The molecule has 0 spiro atoms. The van der Waals surface area contributed by atoms with Crippen molar-refractivity contribution in [2.75, 3.05) is 31.6 Å². The maximum Gasteiger partial charge on any atom is 0.326 e. The molecule has 1 atom stereocenters. The standard InChI is InChI=1S/C19H26N2O4/c1-13-7-10-20(11-8-13)15-6-5-14(12-17(15)25-2)18(22)21-9-3-4-16(21)19(23)24/h5-6,12-13,16H,3-4,7-11H2,1-2H3,(H,23,24). The van der Waals surface area contributed by atoms with E-state index in [0.29, 0.717) is 24.3 Å². The Bertz CT molecular complexity index is 653. The van der Waals surface area contributed by atoms with Gasteiger partial charge in [-0.2, -0.15) is 0 Å². The molecule has 1 aromatic rings. The molecular formula is C19H26N2O4. The average molecular weight is 346 g/mol. The molecule has 0 radical (unpaired) electrons. The average Bonchev–Trinajstić information content (AvgIpc) is 3.11. The van der Waals surface area contributed by atoms with Crippen LogP contribution in [0.1, 0.15) is 43.0 Å². The van der Waals surface area contributed by atoms with Crippen LogP contribution >= 0.6 is 0 Å². The second-order valence-electron chi connectivity index (χ2n) is 7.05. The molecule has 1 unspecified atom stereocenters. The minimum absolute atomic E-state index is 0.234.